The zero-order valence-corrected chi connectivity index (χ0v) is 12.6. The van der Waals surface area contributed by atoms with E-state index in [-0.39, 0.29) is 17.6 Å². The van der Waals surface area contributed by atoms with E-state index in [1.165, 1.54) is 0 Å². The molecule has 3 nitrogen and oxygen atoms in total. The fourth-order valence-electron chi connectivity index (χ4n) is 2.28. The molecule has 1 N–H and O–H groups in total. The van der Waals surface area contributed by atoms with Gasteiger partial charge in [0.15, 0.2) is 0 Å². The Hall–Kier alpha value is -0.220. The van der Waals surface area contributed by atoms with E-state index in [2.05, 4.69) is 32.3 Å². The highest BCUT2D eigenvalue weighted by Crippen LogP contribution is 2.26. The molecule has 4 heteroatoms. The topological polar surface area (TPSA) is 32.3 Å². The van der Waals surface area contributed by atoms with E-state index in [4.69, 9.17) is 0 Å². The normalized spacial score (nSPS) is 31.0. The lowest BCUT2D eigenvalue weighted by Crippen LogP contribution is -2.43. The van der Waals surface area contributed by atoms with Crippen LogP contribution in [0.5, 0.6) is 0 Å². The van der Waals surface area contributed by atoms with Gasteiger partial charge in [0.2, 0.25) is 5.91 Å². The summed E-state index contributed by atoms with van der Waals surface area (Å²) in [6.45, 7) is 9.32. The van der Waals surface area contributed by atoms with Crippen molar-refractivity contribution in [1.82, 2.24) is 10.2 Å². The second-order valence-electron chi connectivity index (χ2n) is 5.14. The van der Waals surface area contributed by atoms with Gasteiger partial charge in [-0.15, -0.1) is 0 Å². The van der Waals surface area contributed by atoms with Crippen molar-refractivity contribution in [2.24, 2.45) is 0 Å². The molecule has 0 spiro atoms. The van der Waals surface area contributed by atoms with Crippen molar-refractivity contribution < 1.29 is 4.79 Å². The molecule has 0 aromatic rings. The molecule has 1 saturated heterocycles. The lowest BCUT2D eigenvalue weighted by atomic mass is 9.99. The van der Waals surface area contributed by atoms with Gasteiger partial charge in [-0.05, 0) is 26.0 Å². The number of thioether (sulfide) groups is 1. The van der Waals surface area contributed by atoms with Gasteiger partial charge >= 0.3 is 0 Å². The minimum atomic E-state index is -0.349. The molecule has 1 aliphatic rings. The SMILES string of the molecule is CCCC1NC(C)(CC)C(=O)N1CC(C)SC. The average Bonchev–Trinajstić information content (AvgIpc) is 2.55. The van der Waals surface area contributed by atoms with Crippen LogP contribution >= 0.6 is 11.8 Å². The molecule has 0 aliphatic carbocycles. The smallest absolute Gasteiger partial charge is 0.243 e. The molecule has 17 heavy (non-hydrogen) atoms. The quantitative estimate of drug-likeness (QED) is 0.794. The Bertz CT molecular complexity index is 272. The van der Waals surface area contributed by atoms with Gasteiger partial charge in [-0.25, -0.2) is 0 Å². The van der Waals surface area contributed by atoms with Gasteiger partial charge in [0.25, 0.3) is 0 Å². The van der Waals surface area contributed by atoms with Crippen LogP contribution in [-0.2, 0) is 4.79 Å². The Balaban J connectivity index is 2.79. The zero-order chi connectivity index (χ0) is 13.1. The van der Waals surface area contributed by atoms with Gasteiger partial charge in [-0.2, -0.15) is 11.8 Å². The zero-order valence-electron chi connectivity index (χ0n) is 11.7. The summed E-state index contributed by atoms with van der Waals surface area (Å²) >= 11 is 1.82. The summed E-state index contributed by atoms with van der Waals surface area (Å²) in [5, 5.41) is 4.01. The summed E-state index contributed by atoms with van der Waals surface area (Å²) < 4.78 is 0. The molecule has 1 fully saturated rings. The summed E-state index contributed by atoms with van der Waals surface area (Å²) in [5.74, 6) is 0.277. The fourth-order valence-corrected chi connectivity index (χ4v) is 2.59. The summed E-state index contributed by atoms with van der Waals surface area (Å²) in [4.78, 5) is 14.5. The number of carbonyl (C=O) groups excluding carboxylic acids is 1. The standard InChI is InChI=1S/C13H26N2OS/c1-6-8-11-14-13(4,7-2)12(16)15(11)9-10(3)17-5/h10-11,14H,6-9H2,1-5H3. The van der Waals surface area contributed by atoms with Crippen LogP contribution in [0, 0.1) is 0 Å². The molecular weight excluding hydrogens is 232 g/mol. The molecule has 3 atom stereocenters. The Morgan fingerprint density at radius 2 is 2.18 bits per heavy atom. The number of hydrogen-bond donors (Lipinski definition) is 1. The third-order valence-corrected chi connectivity index (χ3v) is 4.67. The summed E-state index contributed by atoms with van der Waals surface area (Å²) in [6.07, 6.45) is 5.34. The maximum atomic E-state index is 12.4. The monoisotopic (exact) mass is 258 g/mol. The van der Waals surface area contributed by atoms with E-state index in [0.29, 0.717) is 5.25 Å². The second kappa shape index (κ2) is 6.10. The molecule has 3 unspecified atom stereocenters. The Morgan fingerprint density at radius 1 is 1.53 bits per heavy atom. The predicted octanol–water partition coefficient (Wildman–Crippen LogP) is 2.46. The molecule has 100 valence electrons. The van der Waals surface area contributed by atoms with Crippen LogP contribution in [0.2, 0.25) is 0 Å². The highest BCUT2D eigenvalue weighted by Gasteiger charge is 2.46. The second-order valence-corrected chi connectivity index (χ2v) is 6.41. The predicted molar refractivity (Wildman–Crippen MR) is 75.2 cm³/mol. The van der Waals surface area contributed by atoms with Crippen LogP contribution in [0.15, 0.2) is 0 Å². The van der Waals surface area contributed by atoms with Crippen molar-refractivity contribution in [1.29, 1.82) is 0 Å². The Kier molecular flexibility index (Phi) is 5.32. The van der Waals surface area contributed by atoms with Gasteiger partial charge in [-0.3, -0.25) is 10.1 Å². The van der Waals surface area contributed by atoms with Crippen LogP contribution in [0.3, 0.4) is 0 Å². The van der Waals surface area contributed by atoms with Crippen molar-refractivity contribution in [2.45, 2.75) is 63.9 Å². The lowest BCUT2D eigenvalue weighted by Gasteiger charge is -2.26. The van der Waals surface area contributed by atoms with Crippen LogP contribution in [-0.4, -0.2) is 40.6 Å². The van der Waals surface area contributed by atoms with Crippen molar-refractivity contribution in [2.75, 3.05) is 12.8 Å². The number of carbonyl (C=O) groups is 1. The molecule has 1 aliphatic heterocycles. The van der Waals surface area contributed by atoms with Gasteiger partial charge in [0.05, 0.1) is 11.7 Å². The van der Waals surface area contributed by atoms with E-state index < -0.39 is 0 Å². The Morgan fingerprint density at radius 3 is 2.65 bits per heavy atom. The first-order valence-electron chi connectivity index (χ1n) is 6.60. The summed E-state index contributed by atoms with van der Waals surface area (Å²) in [6, 6.07) is 0. The number of amides is 1. The maximum absolute atomic E-state index is 12.4. The number of nitrogens with zero attached hydrogens (tertiary/aromatic N) is 1. The van der Waals surface area contributed by atoms with Gasteiger partial charge in [0, 0.05) is 11.8 Å². The van der Waals surface area contributed by atoms with Crippen molar-refractivity contribution >= 4 is 17.7 Å². The molecule has 0 bridgehead atoms. The highest BCUT2D eigenvalue weighted by molar-refractivity contribution is 7.99. The lowest BCUT2D eigenvalue weighted by molar-refractivity contribution is -0.132. The van der Waals surface area contributed by atoms with E-state index in [9.17, 15) is 4.79 Å². The van der Waals surface area contributed by atoms with E-state index in [1.54, 1.807) is 0 Å². The number of hydrogen-bond acceptors (Lipinski definition) is 3. The third-order valence-electron chi connectivity index (χ3n) is 3.72. The molecular formula is C13H26N2OS. The first-order valence-corrected chi connectivity index (χ1v) is 7.88. The van der Waals surface area contributed by atoms with Crippen LogP contribution < -0.4 is 5.32 Å². The first kappa shape index (κ1) is 14.8. The highest BCUT2D eigenvalue weighted by atomic mass is 32.2. The van der Waals surface area contributed by atoms with Gasteiger partial charge < -0.3 is 4.90 Å². The first-order chi connectivity index (χ1) is 7.98. The number of rotatable bonds is 6. The van der Waals surface area contributed by atoms with Gasteiger partial charge in [0.1, 0.15) is 0 Å². The molecule has 0 aromatic carbocycles. The van der Waals surface area contributed by atoms with E-state index in [0.717, 1.165) is 25.8 Å². The van der Waals surface area contributed by atoms with Gasteiger partial charge in [-0.1, -0.05) is 27.2 Å². The van der Waals surface area contributed by atoms with Crippen molar-refractivity contribution in [3.63, 3.8) is 0 Å². The Labute approximate surface area is 110 Å². The number of nitrogens with one attached hydrogen (secondary N) is 1. The van der Waals surface area contributed by atoms with Crippen LogP contribution in [0.25, 0.3) is 0 Å². The van der Waals surface area contributed by atoms with Crippen LogP contribution in [0.1, 0.15) is 47.0 Å². The summed E-state index contributed by atoms with van der Waals surface area (Å²) in [7, 11) is 0. The summed E-state index contributed by atoms with van der Waals surface area (Å²) in [5.41, 5.74) is -0.349. The minimum Gasteiger partial charge on any atom is -0.324 e. The molecule has 0 radical (unpaired) electrons. The molecule has 0 saturated carbocycles. The third kappa shape index (κ3) is 3.16. The van der Waals surface area contributed by atoms with Crippen molar-refractivity contribution in [3.8, 4) is 0 Å². The minimum absolute atomic E-state index is 0.229. The molecule has 1 heterocycles. The maximum Gasteiger partial charge on any atom is 0.243 e. The molecule has 0 aromatic heterocycles. The average molecular weight is 258 g/mol. The fraction of sp³-hybridized carbons (Fsp3) is 0.923. The van der Waals surface area contributed by atoms with E-state index >= 15 is 0 Å². The van der Waals surface area contributed by atoms with Crippen molar-refractivity contribution in [3.05, 3.63) is 0 Å². The largest absolute Gasteiger partial charge is 0.324 e. The van der Waals surface area contributed by atoms with Crippen LogP contribution in [0.4, 0.5) is 0 Å². The molecule has 1 rings (SSSR count). The van der Waals surface area contributed by atoms with E-state index in [1.807, 2.05) is 23.6 Å². The molecule has 1 amide bonds.